The summed E-state index contributed by atoms with van der Waals surface area (Å²) in [7, 11) is 1.81. The van der Waals surface area contributed by atoms with Crippen molar-refractivity contribution in [1.82, 2.24) is 29.5 Å². The van der Waals surface area contributed by atoms with Gasteiger partial charge in [0.2, 0.25) is 0 Å². The summed E-state index contributed by atoms with van der Waals surface area (Å²) in [6, 6.07) is 5.90. The second-order valence-corrected chi connectivity index (χ2v) is 8.99. The topological polar surface area (TPSA) is 119 Å². The molecule has 10 heteroatoms. The lowest BCUT2D eigenvalue weighted by atomic mass is 9.89. The van der Waals surface area contributed by atoms with E-state index in [2.05, 4.69) is 31.5 Å². The Morgan fingerprint density at radius 1 is 1.26 bits per heavy atom. The van der Waals surface area contributed by atoms with Crippen LogP contribution in [0.1, 0.15) is 42.1 Å². The summed E-state index contributed by atoms with van der Waals surface area (Å²) in [6.07, 6.45) is 8.45. The Morgan fingerprint density at radius 3 is 2.91 bits per heavy atom. The number of ether oxygens (including phenoxy) is 1. The predicted molar refractivity (Wildman–Crippen MR) is 127 cm³/mol. The highest BCUT2D eigenvalue weighted by molar-refractivity contribution is 6.01. The van der Waals surface area contributed by atoms with Crippen LogP contribution in [0.3, 0.4) is 0 Å². The van der Waals surface area contributed by atoms with Crippen molar-refractivity contribution in [3.05, 3.63) is 42.4 Å². The average molecular weight is 462 g/mol. The quantitative estimate of drug-likeness (QED) is 0.418. The van der Waals surface area contributed by atoms with E-state index in [1.807, 2.05) is 25.2 Å². The third kappa shape index (κ3) is 3.41. The maximum atomic E-state index is 13.0. The Morgan fingerprint density at radius 2 is 2.18 bits per heavy atom. The molecule has 5 heterocycles. The Bertz CT molecular complexity index is 1370. The molecule has 34 heavy (non-hydrogen) atoms. The number of aliphatic hydroxyl groups is 1. The van der Waals surface area contributed by atoms with Crippen LogP contribution in [-0.2, 0) is 4.74 Å². The van der Waals surface area contributed by atoms with E-state index in [4.69, 9.17) is 9.72 Å². The molecule has 4 aromatic rings. The maximum Gasteiger partial charge on any atom is 0.257 e. The second kappa shape index (κ2) is 8.37. The van der Waals surface area contributed by atoms with E-state index in [0.29, 0.717) is 30.1 Å². The van der Waals surface area contributed by atoms with Gasteiger partial charge in [-0.05, 0) is 37.8 Å². The van der Waals surface area contributed by atoms with Gasteiger partial charge < -0.3 is 25.0 Å². The predicted octanol–water partition coefficient (Wildman–Crippen LogP) is 2.39. The number of hydrogen-bond acceptors (Lipinski definition) is 7. The van der Waals surface area contributed by atoms with Crippen molar-refractivity contribution in [3.8, 4) is 11.3 Å². The van der Waals surface area contributed by atoms with Crippen LogP contribution in [0.4, 0.5) is 5.82 Å². The monoisotopic (exact) mass is 461 g/mol. The van der Waals surface area contributed by atoms with E-state index < -0.39 is 6.10 Å². The lowest BCUT2D eigenvalue weighted by Crippen LogP contribution is -2.50. The molecule has 3 N–H and O–H groups in total. The highest BCUT2D eigenvalue weighted by Crippen LogP contribution is 2.34. The molecule has 2 aliphatic rings. The zero-order valence-corrected chi connectivity index (χ0v) is 18.9. The maximum absolute atomic E-state index is 13.0. The SMILES string of the molecule is CNc1cc(-c2cn([C@H]3CCCOC3)c3ncccc23)nc2c(C(=O)NC3CC[C@H]3O)cnn12. The fraction of sp³-hybridized carbons (Fsp3) is 0.417. The minimum absolute atomic E-state index is 0.220. The van der Waals surface area contributed by atoms with Crippen molar-refractivity contribution in [2.24, 2.45) is 0 Å². The minimum Gasteiger partial charge on any atom is -0.391 e. The van der Waals surface area contributed by atoms with Gasteiger partial charge in [0, 0.05) is 43.1 Å². The van der Waals surface area contributed by atoms with Crippen molar-refractivity contribution in [3.63, 3.8) is 0 Å². The van der Waals surface area contributed by atoms with E-state index in [1.165, 1.54) is 6.20 Å². The fourth-order valence-electron chi connectivity index (χ4n) is 4.84. The summed E-state index contributed by atoms with van der Waals surface area (Å²) >= 11 is 0. The molecule has 1 saturated heterocycles. The van der Waals surface area contributed by atoms with Crippen LogP contribution in [0, 0.1) is 0 Å². The summed E-state index contributed by atoms with van der Waals surface area (Å²) in [4.78, 5) is 22.5. The number of carbonyl (C=O) groups excluding carboxylic acids is 1. The number of rotatable bonds is 5. The van der Waals surface area contributed by atoms with E-state index in [9.17, 15) is 9.90 Å². The Labute approximate surface area is 196 Å². The normalized spacial score (nSPS) is 22.6. The van der Waals surface area contributed by atoms with Gasteiger partial charge in [-0.1, -0.05) is 0 Å². The smallest absolute Gasteiger partial charge is 0.257 e. The first-order valence-electron chi connectivity index (χ1n) is 11.7. The van der Waals surface area contributed by atoms with Gasteiger partial charge >= 0.3 is 0 Å². The molecule has 3 atom stereocenters. The lowest BCUT2D eigenvalue weighted by molar-refractivity contribution is 0.0448. The van der Waals surface area contributed by atoms with Crippen LogP contribution in [0.25, 0.3) is 27.9 Å². The molecule has 0 spiro atoms. The number of pyridine rings is 1. The first kappa shape index (κ1) is 21.1. The number of aliphatic hydroxyl groups excluding tert-OH is 1. The Kier molecular flexibility index (Phi) is 5.19. The molecule has 1 saturated carbocycles. The Balaban J connectivity index is 1.46. The molecule has 1 aliphatic carbocycles. The lowest BCUT2D eigenvalue weighted by Gasteiger charge is -2.32. The molecule has 176 valence electrons. The molecule has 4 aromatic heterocycles. The third-order valence-corrected chi connectivity index (χ3v) is 6.92. The molecular formula is C24H27N7O3. The van der Waals surface area contributed by atoms with Crippen molar-refractivity contribution < 1.29 is 14.6 Å². The zero-order chi connectivity index (χ0) is 23.2. The van der Waals surface area contributed by atoms with Crippen LogP contribution < -0.4 is 10.6 Å². The number of nitrogens with one attached hydrogen (secondary N) is 2. The van der Waals surface area contributed by atoms with Gasteiger partial charge in [0.25, 0.3) is 5.91 Å². The highest BCUT2D eigenvalue weighted by atomic mass is 16.5. The molecule has 10 nitrogen and oxygen atoms in total. The summed E-state index contributed by atoms with van der Waals surface area (Å²) in [5, 5.41) is 21.3. The number of nitrogens with zero attached hydrogens (tertiary/aromatic N) is 5. The number of hydrogen-bond donors (Lipinski definition) is 3. The number of anilines is 1. The number of fused-ring (bicyclic) bond motifs is 2. The first-order valence-corrected chi connectivity index (χ1v) is 11.7. The summed E-state index contributed by atoms with van der Waals surface area (Å²) in [5.41, 5.74) is 3.39. The van der Waals surface area contributed by atoms with Crippen LogP contribution >= 0.6 is 0 Å². The fourth-order valence-corrected chi connectivity index (χ4v) is 4.84. The molecule has 1 aliphatic heterocycles. The molecule has 0 bridgehead atoms. The van der Waals surface area contributed by atoms with Crippen LogP contribution in [-0.4, -0.2) is 67.6 Å². The standard InChI is InChI=1S/C24H27N7O3/c1-25-21-10-19(28-23-16(11-27-31(21)23)24(33)29-18-6-7-20(18)32)17-12-30(14-4-3-9-34-13-14)22-15(17)5-2-8-26-22/h2,5,8,10-12,14,18,20,25,32H,3-4,6-7,9,13H2,1H3,(H,29,33)/t14-,18?,20+/m0/s1. The van der Waals surface area contributed by atoms with Gasteiger partial charge in [-0.25, -0.2) is 9.97 Å². The second-order valence-electron chi connectivity index (χ2n) is 8.99. The van der Waals surface area contributed by atoms with Crippen molar-refractivity contribution in [2.75, 3.05) is 25.6 Å². The molecule has 6 rings (SSSR count). The number of carbonyl (C=O) groups is 1. The van der Waals surface area contributed by atoms with E-state index >= 15 is 0 Å². The van der Waals surface area contributed by atoms with Gasteiger partial charge in [-0.3, -0.25) is 4.79 Å². The van der Waals surface area contributed by atoms with Gasteiger partial charge in [0.05, 0.1) is 36.7 Å². The number of amides is 1. The summed E-state index contributed by atoms with van der Waals surface area (Å²) < 4.78 is 9.55. The van der Waals surface area contributed by atoms with Crippen LogP contribution in [0.2, 0.25) is 0 Å². The van der Waals surface area contributed by atoms with Crippen LogP contribution in [0.15, 0.2) is 36.8 Å². The molecule has 1 unspecified atom stereocenters. The van der Waals surface area contributed by atoms with Crippen LogP contribution in [0.5, 0.6) is 0 Å². The average Bonchev–Trinajstić information content (AvgIpc) is 3.48. The minimum atomic E-state index is -0.496. The van der Waals surface area contributed by atoms with Gasteiger partial charge in [0.1, 0.15) is 17.0 Å². The van der Waals surface area contributed by atoms with Crippen molar-refractivity contribution >= 4 is 28.4 Å². The summed E-state index contributed by atoms with van der Waals surface area (Å²) in [6.45, 7) is 1.46. The van der Waals surface area contributed by atoms with Crippen molar-refractivity contribution in [2.45, 2.75) is 43.9 Å². The Hall–Kier alpha value is -3.50. The largest absolute Gasteiger partial charge is 0.391 e. The molecule has 1 amide bonds. The molecule has 0 aromatic carbocycles. The molecular weight excluding hydrogens is 434 g/mol. The molecule has 2 fully saturated rings. The van der Waals surface area contributed by atoms with E-state index in [-0.39, 0.29) is 18.0 Å². The first-order chi connectivity index (χ1) is 16.6. The summed E-state index contributed by atoms with van der Waals surface area (Å²) in [5.74, 6) is 0.433. The van der Waals surface area contributed by atoms with E-state index in [0.717, 1.165) is 48.2 Å². The van der Waals surface area contributed by atoms with Crippen molar-refractivity contribution in [1.29, 1.82) is 0 Å². The molecule has 0 radical (unpaired) electrons. The van der Waals surface area contributed by atoms with Gasteiger partial charge in [0.15, 0.2) is 5.65 Å². The van der Waals surface area contributed by atoms with E-state index in [1.54, 1.807) is 10.7 Å². The van der Waals surface area contributed by atoms with Gasteiger partial charge in [-0.2, -0.15) is 9.61 Å². The number of aromatic nitrogens is 5. The zero-order valence-electron chi connectivity index (χ0n) is 18.9. The van der Waals surface area contributed by atoms with Gasteiger partial charge in [-0.15, -0.1) is 0 Å². The third-order valence-electron chi connectivity index (χ3n) is 6.92. The highest BCUT2D eigenvalue weighted by Gasteiger charge is 2.31.